The molecule has 0 unspecified atom stereocenters. The third-order valence-electron chi connectivity index (χ3n) is 7.09. The molecule has 188 valence electrons. The molecule has 8 nitrogen and oxygen atoms in total. The van der Waals surface area contributed by atoms with Gasteiger partial charge in [-0.1, -0.05) is 42.5 Å². The molecule has 0 bridgehead atoms. The van der Waals surface area contributed by atoms with Crippen LogP contribution in [0.5, 0.6) is 0 Å². The predicted octanol–water partition coefficient (Wildman–Crippen LogP) is 4.72. The summed E-state index contributed by atoms with van der Waals surface area (Å²) in [5.74, 6) is 1.13. The molecule has 0 amide bonds. The average molecular weight is 501 g/mol. The van der Waals surface area contributed by atoms with Gasteiger partial charge in [0.1, 0.15) is 11.3 Å². The van der Waals surface area contributed by atoms with Crippen LogP contribution in [0.15, 0.2) is 85.1 Å². The molecule has 4 heterocycles. The quantitative estimate of drug-likeness (QED) is 0.349. The SMILES string of the molecule is C[C@@H]1CN(Cc2ccc(-n3c(-c4cccnc4N)nc4ccc(-c5ccccc5)nc43)cc2)CCN1C#N. The topological polar surface area (TPSA) is 99.9 Å². The highest BCUT2D eigenvalue weighted by molar-refractivity contribution is 5.84. The van der Waals surface area contributed by atoms with Crippen LogP contribution in [0.3, 0.4) is 0 Å². The van der Waals surface area contributed by atoms with Crippen molar-refractivity contribution in [2.75, 3.05) is 25.4 Å². The van der Waals surface area contributed by atoms with Crippen molar-refractivity contribution in [1.29, 1.82) is 5.26 Å². The third kappa shape index (κ3) is 4.44. The zero-order valence-electron chi connectivity index (χ0n) is 21.2. The van der Waals surface area contributed by atoms with Gasteiger partial charge in [0, 0.05) is 49.7 Å². The summed E-state index contributed by atoms with van der Waals surface area (Å²) < 4.78 is 2.06. The van der Waals surface area contributed by atoms with Gasteiger partial charge in [0.05, 0.1) is 11.3 Å². The fourth-order valence-electron chi connectivity index (χ4n) is 5.09. The lowest BCUT2D eigenvalue weighted by atomic mass is 10.1. The first-order valence-corrected chi connectivity index (χ1v) is 12.7. The van der Waals surface area contributed by atoms with E-state index in [-0.39, 0.29) is 6.04 Å². The van der Waals surface area contributed by atoms with Gasteiger partial charge in [-0.3, -0.25) is 9.47 Å². The number of hydrogen-bond donors (Lipinski definition) is 1. The van der Waals surface area contributed by atoms with Crippen molar-refractivity contribution in [2.24, 2.45) is 0 Å². The van der Waals surface area contributed by atoms with E-state index in [1.165, 1.54) is 5.56 Å². The molecule has 1 aliphatic rings. The van der Waals surface area contributed by atoms with E-state index in [9.17, 15) is 5.26 Å². The Balaban J connectivity index is 1.40. The molecule has 1 atom stereocenters. The first kappa shape index (κ1) is 23.6. The molecule has 3 aromatic heterocycles. The van der Waals surface area contributed by atoms with Crippen LogP contribution >= 0.6 is 0 Å². The highest BCUT2D eigenvalue weighted by Gasteiger charge is 2.23. The van der Waals surface area contributed by atoms with Crippen LogP contribution in [0, 0.1) is 11.5 Å². The van der Waals surface area contributed by atoms with Crippen molar-refractivity contribution in [1.82, 2.24) is 29.3 Å². The number of anilines is 1. The van der Waals surface area contributed by atoms with Crippen molar-refractivity contribution >= 4 is 17.0 Å². The van der Waals surface area contributed by atoms with E-state index in [4.69, 9.17) is 15.7 Å². The molecule has 6 rings (SSSR count). The summed E-state index contributed by atoms with van der Waals surface area (Å²) in [4.78, 5) is 18.5. The van der Waals surface area contributed by atoms with E-state index in [0.717, 1.165) is 59.9 Å². The van der Waals surface area contributed by atoms with Crippen LogP contribution in [-0.4, -0.2) is 55.0 Å². The summed E-state index contributed by atoms with van der Waals surface area (Å²) in [6, 6.07) is 26.7. The summed E-state index contributed by atoms with van der Waals surface area (Å²) in [5, 5.41) is 9.27. The van der Waals surface area contributed by atoms with E-state index >= 15 is 0 Å². The fourth-order valence-corrected chi connectivity index (χ4v) is 5.09. The molecule has 2 N–H and O–H groups in total. The smallest absolute Gasteiger partial charge is 0.179 e. The Morgan fingerprint density at radius 1 is 0.947 bits per heavy atom. The van der Waals surface area contributed by atoms with E-state index in [0.29, 0.717) is 11.6 Å². The molecule has 0 saturated carbocycles. The molecular formula is C30H28N8. The molecule has 1 saturated heterocycles. The minimum Gasteiger partial charge on any atom is -0.383 e. The van der Waals surface area contributed by atoms with Crippen LogP contribution in [0.4, 0.5) is 5.82 Å². The lowest BCUT2D eigenvalue weighted by molar-refractivity contribution is 0.121. The molecule has 2 aromatic carbocycles. The van der Waals surface area contributed by atoms with Crippen LogP contribution in [-0.2, 0) is 6.54 Å². The van der Waals surface area contributed by atoms with Gasteiger partial charge in [0.15, 0.2) is 17.7 Å². The van der Waals surface area contributed by atoms with E-state index in [1.54, 1.807) is 6.20 Å². The van der Waals surface area contributed by atoms with E-state index in [2.05, 4.69) is 64.0 Å². The minimum atomic E-state index is 0.225. The summed E-state index contributed by atoms with van der Waals surface area (Å²) in [6.07, 6.45) is 3.98. The van der Waals surface area contributed by atoms with Gasteiger partial charge in [-0.05, 0) is 48.9 Å². The number of hydrogen-bond acceptors (Lipinski definition) is 7. The Morgan fingerprint density at radius 3 is 2.50 bits per heavy atom. The number of fused-ring (bicyclic) bond motifs is 1. The maximum Gasteiger partial charge on any atom is 0.179 e. The minimum absolute atomic E-state index is 0.225. The number of nitrogens with zero attached hydrogens (tertiary/aromatic N) is 7. The summed E-state index contributed by atoms with van der Waals surface area (Å²) in [7, 11) is 0. The van der Waals surface area contributed by atoms with Gasteiger partial charge in [-0.15, -0.1) is 0 Å². The molecule has 1 fully saturated rings. The highest BCUT2D eigenvalue weighted by atomic mass is 15.3. The monoisotopic (exact) mass is 500 g/mol. The number of piperazine rings is 1. The van der Waals surface area contributed by atoms with Crippen LogP contribution in [0.1, 0.15) is 12.5 Å². The van der Waals surface area contributed by atoms with Gasteiger partial charge in [0.2, 0.25) is 0 Å². The first-order valence-electron chi connectivity index (χ1n) is 12.7. The zero-order chi connectivity index (χ0) is 26.1. The number of rotatable bonds is 5. The number of nitrogens with two attached hydrogens (primary N) is 1. The van der Waals surface area contributed by atoms with E-state index in [1.807, 2.05) is 47.4 Å². The number of aromatic nitrogens is 4. The van der Waals surface area contributed by atoms with Gasteiger partial charge in [-0.2, -0.15) is 5.26 Å². The second-order valence-corrected chi connectivity index (χ2v) is 9.66. The van der Waals surface area contributed by atoms with E-state index < -0.39 is 0 Å². The van der Waals surface area contributed by atoms with Crippen molar-refractivity contribution in [3.8, 4) is 34.5 Å². The van der Waals surface area contributed by atoms with Gasteiger partial charge in [0.25, 0.3) is 0 Å². The molecule has 1 aliphatic heterocycles. The molecule has 8 heteroatoms. The zero-order valence-corrected chi connectivity index (χ0v) is 21.2. The van der Waals surface area contributed by atoms with Crippen molar-refractivity contribution in [3.63, 3.8) is 0 Å². The number of imidazole rings is 1. The molecular weight excluding hydrogens is 472 g/mol. The second-order valence-electron chi connectivity index (χ2n) is 9.66. The Kier molecular flexibility index (Phi) is 6.20. The van der Waals surface area contributed by atoms with Crippen molar-refractivity contribution in [2.45, 2.75) is 19.5 Å². The molecule has 38 heavy (non-hydrogen) atoms. The summed E-state index contributed by atoms with van der Waals surface area (Å²) in [6.45, 7) is 5.46. The van der Waals surface area contributed by atoms with Gasteiger partial charge >= 0.3 is 0 Å². The number of nitriles is 1. The summed E-state index contributed by atoms with van der Waals surface area (Å²) in [5.41, 5.74) is 12.7. The lowest BCUT2D eigenvalue weighted by Gasteiger charge is -2.36. The van der Waals surface area contributed by atoms with Crippen molar-refractivity contribution < 1.29 is 0 Å². The Morgan fingerprint density at radius 2 is 1.76 bits per heavy atom. The number of pyridine rings is 2. The maximum absolute atomic E-state index is 9.27. The Bertz CT molecular complexity index is 1620. The molecule has 0 spiro atoms. The average Bonchev–Trinajstić information content (AvgIpc) is 3.33. The number of benzene rings is 2. The fraction of sp³-hybridized carbons (Fsp3) is 0.200. The first-order chi connectivity index (χ1) is 18.6. The molecule has 5 aromatic rings. The Hall–Kier alpha value is -4.74. The highest BCUT2D eigenvalue weighted by Crippen LogP contribution is 2.32. The maximum atomic E-state index is 9.27. The Labute approximate surface area is 221 Å². The number of nitrogen functional groups attached to an aromatic ring is 1. The molecule has 0 radical (unpaired) electrons. The molecule has 0 aliphatic carbocycles. The summed E-state index contributed by atoms with van der Waals surface area (Å²) >= 11 is 0. The lowest BCUT2D eigenvalue weighted by Crippen LogP contribution is -2.49. The largest absolute Gasteiger partial charge is 0.383 e. The second kappa shape index (κ2) is 9.96. The van der Waals surface area contributed by atoms with Gasteiger partial charge < -0.3 is 10.6 Å². The van der Waals surface area contributed by atoms with Crippen LogP contribution in [0.2, 0.25) is 0 Å². The van der Waals surface area contributed by atoms with Crippen LogP contribution < -0.4 is 5.73 Å². The van der Waals surface area contributed by atoms with Crippen molar-refractivity contribution in [3.05, 3.63) is 90.6 Å². The third-order valence-corrected chi connectivity index (χ3v) is 7.09. The predicted molar refractivity (Wildman–Crippen MR) is 149 cm³/mol. The standard InChI is InChI=1S/C30H28N8/c1-21-18-36(16-17-37(21)20-31)19-22-9-11-24(12-10-22)38-29(25-8-5-15-33-28(25)32)35-27-14-13-26(34-30(27)38)23-6-3-2-4-7-23/h2-15,21H,16-19H2,1H3,(H2,32,33)/t21-/m1/s1. The van der Waals surface area contributed by atoms with Crippen LogP contribution in [0.25, 0.3) is 39.5 Å². The van der Waals surface area contributed by atoms with Gasteiger partial charge in [-0.25, -0.2) is 15.0 Å². The normalized spacial score (nSPS) is 16.0.